The number of ether oxygens (including phenoxy) is 2. The largest absolute Gasteiger partial charge is 0.466 e. The number of halogens is 1. The number of esters is 1. The first-order valence-corrected chi connectivity index (χ1v) is 13.6. The molecule has 3 heterocycles. The van der Waals surface area contributed by atoms with Gasteiger partial charge in [-0.2, -0.15) is 0 Å². The number of benzene rings is 1. The first kappa shape index (κ1) is 26.8. The van der Waals surface area contributed by atoms with Crippen LogP contribution in [0.2, 0.25) is 0 Å². The molecular formula is C27H35BrN2O6. The molecule has 3 aliphatic rings. The molecule has 1 N–H and O–H groups in total. The van der Waals surface area contributed by atoms with Crippen LogP contribution in [-0.2, 0) is 23.9 Å². The van der Waals surface area contributed by atoms with E-state index in [4.69, 9.17) is 9.47 Å². The smallest absolute Gasteiger partial charge is 0.312 e. The third-order valence-electron chi connectivity index (χ3n) is 7.66. The Hall–Kier alpha value is -2.23. The molecule has 1 spiro atoms. The van der Waals surface area contributed by atoms with Crippen molar-refractivity contribution in [2.24, 2.45) is 11.8 Å². The van der Waals surface area contributed by atoms with E-state index in [9.17, 15) is 19.5 Å². The second-order valence-electron chi connectivity index (χ2n) is 9.70. The highest BCUT2D eigenvalue weighted by Crippen LogP contribution is 2.61. The highest BCUT2D eigenvalue weighted by molar-refractivity contribution is 9.09. The van der Waals surface area contributed by atoms with E-state index in [0.29, 0.717) is 25.1 Å². The summed E-state index contributed by atoms with van der Waals surface area (Å²) in [7, 11) is 0. The Bertz CT molecular complexity index is 990. The van der Waals surface area contributed by atoms with E-state index in [1.807, 2.05) is 30.3 Å². The summed E-state index contributed by atoms with van der Waals surface area (Å²) in [5, 5.41) is 10.5. The summed E-state index contributed by atoms with van der Waals surface area (Å²) in [6, 6.07) is 7.42. The molecule has 3 aliphatic heterocycles. The number of aliphatic hydroxyl groups is 1. The zero-order valence-electron chi connectivity index (χ0n) is 20.8. The van der Waals surface area contributed by atoms with Crippen LogP contribution in [0.5, 0.6) is 0 Å². The summed E-state index contributed by atoms with van der Waals surface area (Å²) < 4.78 is 11.9. The van der Waals surface area contributed by atoms with Gasteiger partial charge < -0.3 is 24.4 Å². The minimum Gasteiger partial charge on any atom is -0.466 e. The molecule has 0 aliphatic carbocycles. The van der Waals surface area contributed by atoms with Gasteiger partial charge in [0, 0.05) is 17.9 Å². The van der Waals surface area contributed by atoms with Crippen LogP contribution in [0, 0.1) is 11.8 Å². The number of fused-ring (bicyclic) bond motifs is 1. The number of amides is 2. The van der Waals surface area contributed by atoms with Gasteiger partial charge in [0.25, 0.3) is 0 Å². The number of aliphatic hydroxyl groups excluding tert-OH is 1. The molecule has 36 heavy (non-hydrogen) atoms. The van der Waals surface area contributed by atoms with Crippen molar-refractivity contribution in [3.63, 3.8) is 0 Å². The molecule has 2 amide bonds. The Morgan fingerprint density at radius 3 is 2.69 bits per heavy atom. The number of alkyl halides is 1. The Labute approximate surface area is 220 Å². The van der Waals surface area contributed by atoms with Crippen LogP contribution in [0.25, 0.3) is 0 Å². The van der Waals surface area contributed by atoms with E-state index in [1.54, 1.807) is 17.9 Å². The second-order valence-corrected chi connectivity index (χ2v) is 10.9. The number of hydrogen-bond acceptors (Lipinski definition) is 6. The van der Waals surface area contributed by atoms with Crippen molar-refractivity contribution in [3.8, 4) is 0 Å². The topological polar surface area (TPSA) is 96.4 Å². The van der Waals surface area contributed by atoms with E-state index in [-0.39, 0.29) is 29.9 Å². The third kappa shape index (κ3) is 4.29. The van der Waals surface area contributed by atoms with Gasteiger partial charge in [0.2, 0.25) is 11.8 Å². The Morgan fingerprint density at radius 1 is 1.36 bits per heavy atom. The molecule has 0 radical (unpaired) electrons. The summed E-state index contributed by atoms with van der Waals surface area (Å²) in [5.74, 6) is -2.79. The normalized spacial score (nSPS) is 31.3. The molecule has 0 aromatic heterocycles. The predicted octanol–water partition coefficient (Wildman–Crippen LogP) is 2.85. The molecule has 8 nitrogen and oxygen atoms in total. The van der Waals surface area contributed by atoms with Crippen LogP contribution in [0.15, 0.2) is 43.0 Å². The SMILES string of the molecule is C=CCN(CCCC)C(=O)[C@@H]1N([C@H](CO)c2ccccc2)C(=O)[C@H]2[C@H](C(=O)OCC)[C@H]3O[C@@]12CC3Br. The number of hydrogen-bond donors (Lipinski definition) is 1. The minimum absolute atomic E-state index is 0.183. The number of likely N-dealkylation sites (tertiary alicyclic amines) is 1. The standard InChI is InChI=1S/C27H35BrN2O6/c1-4-7-14-29(13-5-2)25(33)23-27-15-18(28)22(36-27)20(26(34)35-6-3)21(27)24(32)30(23)19(16-31)17-11-9-8-10-12-17/h5,8-12,18-23,31H,2,4,6-7,13-16H2,1,3H3/t18?,19-,20+,21-,22+,23+,27-/m1/s1. The van der Waals surface area contributed by atoms with Crippen LogP contribution >= 0.6 is 15.9 Å². The minimum atomic E-state index is -1.20. The van der Waals surface area contributed by atoms with Gasteiger partial charge in [0.15, 0.2) is 0 Å². The molecule has 196 valence electrons. The average molecular weight is 563 g/mol. The Morgan fingerprint density at radius 2 is 2.08 bits per heavy atom. The summed E-state index contributed by atoms with van der Waals surface area (Å²) in [5.41, 5.74) is -0.484. The summed E-state index contributed by atoms with van der Waals surface area (Å²) in [4.78, 5) is 44.5. The average Bonchev–Trinajstić information content (AvgIpc) is 3.46. The number of unbranched alkanes of at least 4 members (excludes halogenated alkanes) is 1. The lowest BCUT2D eigenvalue weighted by Gasteiger charge is -2.39. The van der Waals surface area contributed by atoms with Gasteiger partial charge in [0.1, 0.15) is 11.6 Å². The van der Waals surface area contributed by atoms with E-state index in [2.05, 4.69) is 29.4 Å². The van der Waals surface area contributed by atoms with Crippen molar-refractivity contribution in [3.05, 3.63) is 48.6 Å². The molecule has 7 atom stereocenters. The van der Waals surface area contributed by atoms with Crippen molar-refractivity contribution in [1.82, 2.24) is 9.80 Å². The lowest BCUT2D eigenvalue weighted by molar-refractivity contribution is -0.156. The van der Waals surface area contributed by atoms with E-state index in [1.165, 1.54) is 4.90 Å². The number of nitrogens with zero attached hydrogens (tertiary/aromatic N) is 2. The van der Waals surface area contributed by atoms with Crippen LogP contribution in [-0.4, -0.2) is 81.6 Å². The van der Waals surface area contributed by atoms with Crippen molar-refractivity contribution < 1.29 is 29.0 Å². The molecule has 1 unspecified atom stereocenters. The van der Waals surface area contributed by atoms with Crippen LogP contribution in [0.1, 0.15) is 44.7 Å². The summed E-state index contributed by atoms with van der Waals surface area (Å²) in [6.07, 6.45) is 3.21. The van der Waals surface area contributed by atoms with Gasteiger partial charge in [-0.25, -0.2) is 0 Å². The zero-order chi connectivity index (χ0) is 26.0. The van der Waals surface area contributed by atoms with Gasteiger partial charge in [-0.1, -0.05) is 65.7 Å². The molecule has 9 heteroatoms. The van der Waals surface area contributed by atoms with E-state index < -0.39 is 41.6 Å². The molecule has 0 saturated carbocycles. The molecule has 3 fully saturated rings. The molecule has 1 aromatic rings. The van der Waals surface area contributed by atoms with Gasteiger partial charge in [0.05, 0.1) is 37.2 Å². The van der Waals surface area contributed by atoms with Crippen molar-refractivity contribution >= 4 is 33.7 Å². The van der Waals surface area contributed by atoms with Crippen LogP contribution in [0.3, 0.4) is 0 Å². The zero-order valence-corrected chi connectivity index (χ0v) is 22.4. The maximum absolute atomic E-state index is 14.3. The Balaban J connectivity index is 1.84. The first-order chi connectivity index (χ1) is 17.4. The molecular weight excluding hydrogens is 528 g/mol. The first-order valence-electron chi connectivity index (χ1n) is 12.7. The quantitative estimate of drug-likeness (QED) is 0.253. The highest BCUT2D eigenvalue weighted by atomic mass is 79.9. The highest BCUT2D eigenvalue weighted by Gasteiger charge is 2.77. The number of rotatable bonds is 11. The lowest BCUT2D eigenvalue weighted by Crippen LogP contribution is -2.57. The summed E-state index contributed by atoms with van der Waals surface area (Å²) >= 11 is 3.66. The van der Waals surface area contributed by atoms with Gasteiger partial charge in [-0.15, -0.1) is 6.58 Å². The fraction of sp³-hybridized carbons (Fsp3) is 0.593. The predicted molar refractivity (Wildman–Crippen MR) is 137 cm³/mol. The fourth-order valence-electron chi connectivity index (χ4n) is 6.19. The van der Waals surface area contributed by atoms with Gasteiger partial charge >= 0.3 is 5.97 Å². The maximum atomic E-state index is 14.3. The lowest BCUT2D eigenvalue weighted by atomic mass is 9.70. The number of carbonyl (C=O) groups excluding carboxylic acids is 3. The van der Waals surface area contributed by atoms with Gasteiger partial charge in [-0.3, -0.25) is 14.4 Å². The van der Waals surface area contributed by atoms with Crippen LogP contribution in [0.4, 0.5) is 0 Å². The third-order valence-corrected chi connectivity index (χ3v) is 8.50. The fourth-order valence-corrected chi connectivity index (χ4v) is 7.13. The molecule has 1 aromatic carbocycles. The van der Waals surface area contributed by atoms with Crippen molar-refractivity contribution in [2.45, 2.75) is 61.7 Å². The van der Waals surface area contributed by atoms with E-state index in [0.717, 1.165) is 12.8 Å². The Kier molecular flexibility index (Phi) is 8.22. The monoisotopic (exact) mass is 562 g/mol. The van der Waals surface area contributed by atoms with Crippen LogP contribution < -0.4 is 0 Å². The number of carbonyl (C=O) groups is 3. The molecule has 2 bridgehead atoms. The molecule has 4 rings (SSSR count). The van der Waals surface area contributed by atoms with Crippen molar-refractivity contribution in [1.29, 1.82) is 0 Å². The summed E-state index contributed by atoms with van der Waals surface area (Å²) in [6.45, 7) is 8.24. The molecule has 3 saturated heterocycles. The van der Waals surface area contributed by atoms with Crippen molar-refractivity contribution in [2.75, 3.05) is 26.3 Å². The maximum Gasteiger partial charge on any atom is 0.312 e. The second kappa shape index (κ2) is 11.0. The van der Waals surface area contributed by atoms with E-state index >= 15 is 0 Å². The van der Waals surface area contributed by atoms with Gasteiger partial charge in [-0.05, 0) is 25.3 Å².